The molecule has 0 radical (unpaired) electrons. The fraction of sp³-hybridized carbons (Fsp3) is 0. The summed E-state index contributed by atoms with van der Waals surface area (Å²) >= 11 is 0. The van der Waals surface area contributed by atoms with Crippen molar-refractivity contribution in [1.29, 1.82) is 0 Å². The van der Waals surface area contributed by atoms with E-state index >= 15 is 0 Å². The Bertz CT molecular complexity index is 5310. The smallest absolute Gasteiger partial charge is 0.240 e. The maximum atomic E-state index is 5.50. The normalized spacial score (nSPS) is 12.0. The Balaban J connectivity index is 0.865. The number of nitrogens with zero attached hydrogens (tertiary/aromatic N) is 11. The molecule has 89 heavy (non-hydrogen) atoms. The number of hydrogen-bond acceptors (Lipinski definition) is 6. The van der Waals surface area contributed by atoms with Gasteiger partial charge in [0.1, 0.15) is 0 Å². The Hall–Kier alpha value is -12.3. The minimum absolute atomic E-state index is 0.518. The van der Waals surface area contributed by atoms with E-state index in [1.807, 2.05) is 0 Å². The van der Waals surface area contributed by atoms with Gasteiger partial charge in [0.25, 0.3) is 0 Å². The van der Waals surface area contributed by atoms with Crippen molar-refractivity contribution in [2.45, 2.75) is 0 Å². The molecule has 0 spiro atoms. The Kier molecular flexibility index (Phi) is 10.5. The highest BCUT2D eigenvalue weighted by Gasteiger charge is 2.25. The third-order valence-electron chi connectivity index (χ3n) is 17.9. The van der Waals surface area contributed by atoms with Crippen molar-refractivity contribution in [3.8, 4) is 63.4 Å². The first-order valence-electron chi connectivity index (χ1n) is 29.9. The molecule has 0 bridgehead atoms. The molecule has 7 aromatic heterocycles. The van der Waals surface area contributed by atoms with Gasteiger partial charge in [0.05, 0.1) is 55.2 Å². The highest BCUT2D eigenvalue weighted by molar-refractivity contribution is 6.14. The van der Waals surface area contributed by atoms with Gasteiger partial charge in [0, 0.05) is 70.7 Å². The molecule has 0 unspecified atom stereocenters. The lowest BCUT2D eigenvalue weighted by molar-refractivity contribution is 0.892. The molecular weight excluding hydrogens is 1090 g/mol. The zero-order chi connectivity index (χ0) is 58.3. The van der Waals surface area contributed by atoms with Crippen LogP contribution in [0.5, 0.6) is 0 Å². The van der Waals surface area contributed by atoms with Gasteiger partial charge >= 0.3 is 0 Å². The first-order valence-corrected chi connectivity index (χ1v) is 29.9. The van der Waals surface area contributed by atoms with Crippen LogP contribution in [-0.4, -0.2) is 52.7 Å². The first-order chi connectivity index (χ1) is 44.1. The zero-order valence-electron chi connectivity index (χ0n) is 47.6. The van der Waals surface area contributed by atoms with Gasteiger partial charge in [0.15, 0.2) is 11.6 Å². The molecule has 11 heteroatoms. The molecule has 12 aromatic carbocycles. The van der Waals surface area contributed by atoms with E-state index in [0.29, 0.717) is 35.4 Å². The second kappa shape index (κ2) is 19.1. The molecule has 0 N–H and O–H groups in total. The predicted octanol–water partition coefficient (Wildman–Crippen LogP) is 18.5. The van der Waals surface area contributed by atoms with Crippen LogP contribution in [0.3, 0.4) is 0 Å². The Labute approximate surface area is 507 Å². The molecule has 414 valence electrons. The summed E-state index contributed by atoms with van der Waals surface area (Å²) in [7, 11) is 0. The largest absolute Gasteiger partial charge is 0.309 e. The van der Waals surface area contributed by atoms with Crippen LogP contribution in [0, 0.1) is 0 Å². The Morgan fingerprint density at radius 3 is 0.697 bits per heavy atom. The molecule has 19 aromatic rings. The van der Waals surface area contributed by atoms with Crippen LogP contribution in [0.2, 0.25) is 0 Å². The van der Waals surface area contributed by atoms with E-state index in [1.54, 1.807) is 0 Å². The first kappa shape index (κ1) is 49.0. The SMILES string of the molecule is c1ccc(-c2ccc(-n3c4cc(-c5nc(-n6c7ccccc7c7ccccc76)nc(-n6c7ccccc7c7ccccc76)n5)ccc4c4ccc(-c5nc(-n6c7ccccc7c7ccccc76)nc(-n6c7ccccc7c7ccccc76)n5)cc43)cc2)cc1. The lowest BCUT2D eigenvalue weighted by Crippen LogP contribution is -2.10. The maximum absolute atomic E-state index is 5.50. The molecule has 19 rings (SSSR count). The van der Waals surface area contributed by atoms with Gasteiger partial charge in [-0.2, -0.15) is 29.9 Å². The lowest BCUT2D eigenvalue weighted by Gasteiger charge is -2.14. The molecule has 0 saturated heterocycles. The van der Waals surface area contributed by atoms with E-state index in [9.17, 15) is 0 Å². The highest BCUT2D eigenvalue weighted by Crippen LogP contribution is 2.41. The molecule has 7 heterocycles. The number of para-hydroxylation sites is 8. The predicted molar refractivity (Wildman–Crippen MR) is 361 cm³/mol. The quantitative estimate of drug-likeness (QED) is 0.150. The summed E-state index contributed by atoms with van der Waals surface area (Å²) in [5.41, 5.74) is 14.9. The van der Waals surface area contributed by atoms with Crippen molar-refractivity contribution in [3.05, 3.63) is 285 Å². The van der Waals surface area contributed by atoms with Gasteiger partial charge in [-0.25, -0.2) is 0 Å². The summed E-state index contributed by atoms with van der Waals surface area (Å²) in [5.74, 6) is 3.14. The highest BCUT2D eigenvalue weighted by atomic mass is 15.3. The summed E-state index contributed by atoms with van der Waals surface area (Å²) in [4.78, 5) is 32.9. The van der Waals surface area contributed by atoms with Crippen LogP contribution in [0.15, 0.2) is 285 Å². The summed E-state index contributed by atoms with van der Waals surface area (Å²) in [6.45, 7) is 0. The summed E-state index contributed by atoms with van der Waals surface area (Å²) in [6, 6.07) is 100. The van der Waals surface area contributed by atoms with Crippen LogP contribution in [0.25, 0.3) is 172 Å². The third-order valence-corrected chi connectivity index (χ3v) is 17.9. The fourth-order valence-electron chi connectivity index (χ4n) is 13.9. The van der Waals surface area contributed by atoms with Gasteiger partial charge in [-0.3, -0.25) is 18.3 Å². The number of aromatic nitrogens is 11. The molecule has 0 amide bonds. The topological polar surface area (TPSA) is 102 Å². The van der Waals surface area contributed by atoms with Crippen molar-refractivity contribution >= 4 is 109 Å². The second-order valence-corrected chi connectivity index (χ2v) is 22.7. The number of benzene rings is 12. The molecule has 0 atom stereocenters. The van der Waals surface area contributed by atoms with Gasteiger partial charge in [-0.15, -0.1) is 0 Å². The van der Waals surface area contributed by atoms with Crippen LogP contribution in [0.4, 0.5) is 0 Å². The molecular formula is C78H47N11. The molecule has 0 aliphatic heterocycles. The van der Waals surface area contributed by atoms with E-state index < -0.39 is 0 Å². The fourth-order valence-corrected chi connectivity index (χ4v) is 13.9. The van der Waals surface area contributed by atoms with Gasteiger partial charge in [0.2, 0.25) is 23.8 Å². The summed E-state index contributed by atoms with van der Waals surface area (Å²) in [6.07, 6.45) is 0. The molecule has 11 nitrogen and oxygen atoms in total. The molecule has 0 saturated carbocycles. The monoisotopic (exact) mass is 1140 g/mol. The molecule has 0 aliphatic rings. The average molecular weight is 1140 g/mol. The van der Waals surface area contributed by atoms with Gasteiger partial charge < -0.3 is 4.57 Å². The number of rotatable bonds is 8. The number of fused-ring (bicyclic) bond motifs is 15. The summed E-state index contributed by atoms with van der Waals surface area (Å²) in [5, 5.41) is 11.1. The average Bonchev–Trinajstić information content (AvgIpc) is 4.14. The third kappa shape index (κ3) is 7.39. The van der Waals surface area contributed by atoms with Crippen LogP contribution >= 0.6 is 0 Å². The van der Waals surface area contributed by atoms with E-state index in [4.69, 9.17) is 29.9 Å². The van der Waals surface area contributed by atoms with Crippen LogP contribution < -0.4 is 0 Å². The van der Waals surface area contributed by atoms with Gasteiger partial charge in [-0.05, 0) is 83.9 Å². The zero-order valence-corrected chi connectivity index (χ0v) is 47.6. The Morgan fingerprint density at radius 1 is 0.169 bits per heavy atom. The minimum Gasteiger partial charge on any atom is -0.309 e. The summed E-state index contributed by atoms with van der Waals surface area (Å²) < 4.78 is 11.1. The van der Waals surface area contributed by atoms with E-state index in [0.717, 1.165) is 137 Å². The second-order valence-electron chi connectivity index (χ2n) is 22.7. The van der Waals surface area contributed by atoms with Crippen molar-refractivity contribution in [2.75, 3.05) is 0 Å². The Morgan fingerprint density at radius 2 is 0.404 bits per heavy atom. The lowest BCUT2D eigenvalue weighted by atomic mass is 10.1. The minimum atomic E-state index is 0.518. The maximum Gasteiger partial charge on any atom is 0.240 e. The van der Waals surface area contributed by atoms with E-state index in [-0.39, 0.29) is 0 Å². The van der Waals surface area contributed by atoms with Crippen molar-refractivity contribution in [2.24, 2.45) is 0 Å². The number of hydrogen-bond donors (Lipinski definition) is 0. The standard InChI is InChI=1S/C78H47N11/c1-2-20-48(21-3-1)49-38-42-52(43-39-49)85-71-46-50(73-79-75(86-63-30-12-4-22-53(63)54-23-5-13-31-64(54)86)83-76(80-73)87-65-32-14-6-24-55(65)56-25-7-15-33-66(56)87)40-44-61(71)62-45-41-51(47-72(62)85)74-81-77(88-67-34-16-8-26-57(67)58-27-9-17-35-68(58)88)84-78(82-74)89-69-36-18-10-28-59(69)60-29-11-19-37-70(60)89/h1-47H. The van der Waals surface area contributed by atoms with E-state index in [1.165, 1.54) is 0 Å². The van der Waals surface area contributed by atoms with Crippen LogP contribution in [-0.2, 0) is 0 Å². The molecule has 0 aliphatic carbocycles. The van der Waals surface area contributed by atoms with Gasteiger partial charge in [-0.1, -0.05) is 212 Å². The molecule has 0 fully saturated rings. The van der Waals surface area contributed by atoms with E-state index in [2.05, 4.69) is 308 Å². The van der Waals surface area contributed by atoms with Crippen LogP contribution in [0.1, 0.15) is 0 Å². The van der Waals surface area contributed by atoms with Crippen molar-refractivity contribution in [1.82, 2.24) is 52.7 Å². The van der Waals surface area contributed by atoms with Crippen molar-refractivity contribution in [3.63, 3.8) is 0 Å². The van der Waals surface area contributed by atoms with Crippen molar-refractivity contribution < 1.29 is 0 Å².